The molecule has 0 spiro atoms. The minimum Gasteiger partial charge on any atom is -0.485 e. The maximum Gasteiger partial charge on any atom is 0.291 e. The number of aryl methyl sites for hydroxylation is 1. The Labute approximate surface area is 150 Å². The molecule has 0 radical (unpaired) electrons. The van der Waals surface area contributed by atoms with E-state index in [1.807, 2.05) is 13.0 Å². The predicted molar refractivity (Wildman–Crippen MR) is 96.8 cm³/mol. The molecule has 6 nitrogen and oxygen atoms in total. The lowest BCUT2D eigenvalue weighted by Crippen LogP contribution is -2.51. The van der Waals surface area contributed by atoms with Gasteiger partial charge in [0.05, 0.1) is 12.0 Å². The molecule has 3 aromatic rings. The summed E-state index contributed by atoms with van der Waals surface area (Å²) in [5.74, 6) is 0.529. The first-order chi connectivity index (χ1) is 12.3. The number of aliphatic hydroxyl groups excluding tert-OH is 1. The summed E-state index contributed by atoms with van der Waals surface area (Å²) in [6.07, 6.45) is -1.03. The first-order valence-electron chi connectivity index (χ1n) is 8.33. The quantitative estimate of drug-likeness (QED) is 0.681. The van der Waals surface area contributed by atoms with E-state index in [4.69, 9.17) is 15.8 Å². The van der Waals surface area contributed by atoms with Gasteiger partial charge in [0.25, 0.3) is 5.56 Å². The molecule has 26 heavy (non-hydrogen) atoms. The second kappa shape index (κ2) is 5.48. The van der Waals surface area contributed by atoms with Gasteiger partial charge in [0.2, 0.25) is 0 Å². The van der Waals surface area contributed by atoms with E-state index in [-0.39, 0.29) is 5.56 Å². The highest BCUT2D eigenvalue weighted by Gasteiger charge is 2.45. The minimum absolute atomic E-state index is 0.315. The van der Waals surface area contributed by atoms with E-state index in [9.17, 15) is 9.90 Å². The summed E-state index contributed by atoms with van der Waals surface area (Å²) in [4.78, 5) is 16.4. The van der Waals surface area contributed by atoms with Crippen LogP contribution in [0.2, 0.25) is 0 Å². The van der Waals surface area contributed by atoms with E-state index in [1.54, 1.807) is 44.2 Å². The molecule has 1 aliphatic heterocycles. The molecule has 132 valence electrons. The third-order valence-electron chi connectivity index (χ3n) is 4.91. The van der Waals surface area contributed by atoms with Crippen molar-refractivity contribution < 1.29 is 14.4 Å². The van der Waals surface area contributed by atoms with Gasteiger partial charge in [-0.15, -0.1) is 0 Å². The summed E-state index contributed by atoms with van der Waals surface area (Å²) in [6, 6.07) is 9.58. The van der Waals surface area contributed by atoms with Gasteiger partial charge >= 0.3 is 0 Å². The van der Waals surface area contributed by atoms with Crippen LogP contribution in [-0.2, 0) is 0 Å². The molecular formula is C20H18N2O4. The fourth-order valence-corrected chi connectivity index (χ4v) is 3.46. The second-order valence-electron chi connectivity index (χ2n) is 7.10. The van der Waals surface area contributed by atoms with Crippen LogP contribution in [0.1, 0.15) is 31.0 Å². The van der Waals surface area contributed by atoms with Crippen LogP contribution in [0, 0.1) is 13.5 Å². The fourth-order valence-electron chi connectivity index (χ4n) is 3.46. The Kier molecular flexibility index (Phi) is 3.46. The Hall–Kier alpha value is -3.04. The Morgan fingerprint density at radius 1 is 1.27 bits per heavy atom. The molecule has 2 atom stereocenters. The molecule has 0 unspecified atom stereocenters. The zero-order chi connectivity index (χ0) is 18.6. The smallest absolute Gasteiger partial charge is 0.291 e. The number of benzene rings is 2. The van der Waals surface area contributed by atoms with E-state index in [1.165, 1.54) is 4.74 Å². The van der Waals surface area contributed by atoms with Crippen LogP contribution < -0.4 is 10.3 Å². The highest BCUT2D eigenvalue weighted by Crippen LogP contribution is 2.43. The number of nitrogens with zero attached hydrogens (tertiary/aromatic N) is 2. The van der Waals surface area contributed by atoms with Gasteiger partial charge in [0, 0.05) is 5.56 Å². The Morgan fingerprint density at radius 3 is 2.73 bits per heavy atom. The number of hydrogen-bond donors (Lipinski definition) is 1. The standard InChI is InChI=1S/C20H18N2O4/c1-11-6-5-7-13-17(11)26-22(19(13)24)16-14-10-12(21-4)8-9-15(14)25-20(2,3)18(16)23/h5-10,16,18,23H,1-3H3/t16-,18+/m1/s1. The Bertz CT molecular complexity index is 1120. The summed E-state index contributed by atoms with van der Waals surface area (Å²) in [7, 11) is 0. The molecule has 0 saturated heterocycles. The number of rotatable bonds is 1. The zero-order valence-electron chi connectivity index (χ0n) is 14.7. The van der Waals surface area contributed by atoms with E-state index in [0.717, 1.165) is 5.56 Å². The molecule has 1 aliphatic rings. The van der Waals surface area contributed by atoms with E-state index >= 15 is 0 Å². The Morgan fingerprint density at radius 2 is 2.04 bits per heavy atom. The first-order valence-corrected chi connectivity index (χ1v) is 8.33. The summed E-state index contributed by atoms with van der Waals surface area (Å²) < 4.78 is 13.0. The normalized spacial score (nSPS) is 21.0. The van der Waals surface area contributed by atoms with Crippen LogP contribution in [0.3, 0.4) is 0 Å². The summed E-state index contributed by atoms with van der Waals surface area (Å²) in [5, 5.41) is 11.4. The van der Waals surface area contributed by atoms with Gasteiger partial charge in [0.1, 0.15) is 23.5 Å². The van der Waals surface area contributed by atoms with Gasteiger partial charge in [-0.25, -0.2) is 4.85 Å². The molecule has 2 aromatic carbocycles. The molecule has 0 bridgehead atoms. The average Bonchev–Trinajstić information content (AvgIpc) is 2.94. The summed E-state index contributed by atoms with van der Waals surface area (Å²) in [5.41, 5.74) is 1.06. The molecule has 0 aliphatic carbocycles. The average molecular weight is 350 g/mol. The Balaban J connectivity index is 2.02. The molecular weight excluding hydrogens is 332 g/mol. The van der Waals surface area contributed by atoms with Crippen LogP contribution >= 0.6 is 0 Å². The summed E-state index contributed by atoms with van der Waals surface area (Å²) >= 11 is 0. The topological polar surface area (TPSA) is 69.0 Å². The number of hydrogen-bond acceptors (Lipinski definition) is 4. The van der Waals surface area contributed by atoms with Gasteiger partial charge in [-0.2, -0.15) is 4.74 Å². The van der Waals surface area contributed by atoms with Gasteiger partial charge in [-0.3, -0.25) is 4.79 Å². The lowest BCUT2D eigenvalue weighted by Gasteiger charge is -2.41. The van der Waals surface area contributed by atoms with Crippen LogP contribution in [0.4, 0.5) is 5.69 Å². The van der Waals surface area contributed by atoms with Crippen LogP contribution in [0.5, 0.6) is 5.75 Å². The van der Waals surface area contributed by atoms with Gasteiger partial charge in [0.15, 0.2) is 11.3 Å². The SMILES string of the molecule is [C-]#[N+]c1ccc2c(c1)[C@@H](n1oc3c(C)cccc3c1=O)[C@H](O)C(C)(C)O2. The lowest BCUT2D eigenvalue weighted by atomic mass is 9.86. The molecule has 0 amide bonds. The van der Waals surface area contributed by atoms with Crippen LogP contribution in [0.25, 0.3) is 15.8 Å². The van der Waals surface area contributed by atoms with Crippen molar-refractivity contribution in [2.75, 3.05) is 0 Å². The maximum absolute atomic E-state index is 13.0. The molecule has 0 saturated carbocycles. The van der Waals surface area contributed by atoms with Crippen molar-refractivity contribution in [3.8, 4) is 5.75 Å². The van der Waals surface area contributed by atoms with Crippen molar-refractivity contribution in [3.63, 3.8) is 0 Å². The monoisotopic (exact) mass is 350 g/mol. The summed E-state index contributed by atoms with van der Waals surface area (Å²) in [6.45, 7) is 12.6. The lowest BCUT2D eigenvalue weighted by molar-refractivity contribution is -0.0763. The molecule has 1 aromatic heterocycles. The minimum atomic E-state index is -1.03. The van der Waals surface area contributed by atoms with Crippen molar-refractivity contribution in [3.05, 3.63) is 69.3 Å². The number of aromatic nitrogens is 1. The van der Waals surface area contributed by atoms with Gasteiger partial charge in [-0.1, -0.05) is 18.2 Å². The van der Waals surface area contributed by atoms with Crippen molar-refractivity contribution >= 4 is 16.7 Å². The van der Waals surface area contributed by atoms with Gasteiger partial charge < -0.3 is 14.4 Å². The maximum atomic E-state index is 13.0. The number of aliphatic hydroxyl groups is 1. The van der Waals surface area contributed by atoms with E-state index < -0.39 is 17.7 Å². The molecule has 6 heteroatoms. The van der Waals surface area contributed by atoms with Crippen LogP contribution in [0.15, 0.2) is 45.7 Å². The first kappa shape index (κ1) is 16.4. The van der Waals surface area contributed by atoms with E-state index in [0.29, 0.717) is 28.0 Å². The largest absolute Gasteiger partial charge is 0.485 e. The zero-order valence-corrected chi connectivity index (χ0v) is 14.7. The van der Waals surface area contributed by atoms with E-state index in [2.05, 4.69) is 4.85 Å². The highest BCUT2D eigenvalue weighted by atomic mass is 16.5. The molecule has 1 N–H and O–H groups in total. The fraction of sp³-hybridized carbons (Fsp3) is 0.300. The molecule has 2 heterocycles. The molecule has 0 fully saturated rings. The third-order valence-corrected chi connectivity index (χ3v) is 4.91. The number of fused-ring (bicyclic) bond motifs is 2. The third kappa shape index (κ3) is 2.25. The van der Waals surface area contributed by atoms with Crippen molar-refractivity contribution in [1.29, 1.82) is 0 Å². The van der Waals surface area contributed by atoms with Crippen molar-refractivity contribution in [1.82, 2.24) is 4.74 Å². The predicted octanol–water partition coefficient (Wildman–Crippen LogP) is 3.58. The second-order valence-corrected chi connectivity index (χ2v) is 7.10. The number of ether oxygens (including phenoxy) is 1. The highest BCUT2D eigenvalue weighted by molar-refractivity contribution is 5.79. The molecule has 4 rings (SSSR count). The number of para-hydroxylation sites is 1. The van der Waals surface area contributed by atoms with Crippen LogP contribution in [-0.4, -0.2) is 21.6 Å². The van der Waals surface area contributed by atoms with Crippen molar-refractivity contribution in [2.24, 2.45) is 0 Å². The van der Waals surface area contributed by atoms with Crippen molar-refractivity contribution in [2.45, 2.75) is 38.5 Å². The van der Waals surface area contributed by atoms with Gasteiger partial charge in [-0.05, 0) is 44.5 Å².